The third kappa shape index (κ3) is 4.50. The van der Waals surface area contributed by atoms with Crippen molar-refractivity contribution in [3.8, 4) is 0 Å². The van der Waals surface area contributed by atoms with Crippen molar-refractivity contribution in [2.45, 2.75) is 46.0 Å². The number of aromatic nitrogens is 2. The Bertz CT molecular complexity index is 767. The molecule has 1 aliphatic rings. The number of hydrogen-bond acceptors (Lipinski definition) is 5. The first-order valence-corrected chi connectivity index (χ1v) is 9.00. The molecule has 0 saturated carbocycles. The van der Waals surface area contributed by atoms with E-state index < -0.39 is 0 Å². The van der Waals surface area contributed by atoms with Crippen LogP contribution in [0.2, 0.25) is 0 Å². The molecule has 0 spiro atoms. The number of aryl methyl sites for hydroxylation is 2. The molecule has 132 valence electrons. The molecule has 1 heterocycles. The summed E-state index contributed by atoms with van der Waals surface area (Å²) in [6.07, 6.45) is 10.0. The molecule has 25 heavy (non-hydrogen) atoms. The molecule has 1 aromatic heterocycles. The predicted molar refractivity (Wildman–Crippen MR) is 105 cm³/mol. The van der Waals surface area contributed by atoms with Crippen molar-refractivity contribution >= 4 is 23.0 Å². The Morgan fingerprint density at radius 3 is 2.68 bits per heavy atom. The van der Waals surface area contributed by atoms with Gasteiger partial charge >= 0.3 is 0 Å². The van der Waals surface area contributed by atoms with E-state index >= 15 is 0 Å². The molecule has 0 unspecified atom stereocenters. The van der Waals surface area contributed by atoms with E-state index in [0.717, 1.165) is 18.7 Å². The Balaban J connectivity index is 1.64. The van der Waals surface area contributed by atoms with Crippen molar-refractivity contribution in [3.05, 3.63) is 47.3 Å². The molecule has 5 nitrogen and oxygen atoms in total. The van der Waals surface area contributed by atoms with Gasteiger partial charge in [-0.3, -0.25) is 0 Å². The number of benzene rings is 1. The van der Waals surface area contributed by atoms with Crippen LogP contribution in [-0.4, -0.2) is 16.5 Å². The second-order valence-corrected chi connectivity index (χ2v) is 6.69. The zero-order chi connectivity index (χ0) is 17.6. The molecular formula is C20H27N5. The van der Waals surface area contributed by atoms with E-state index in [9.17, 15) is 0 Å². The minimum Gasteiger partial charge on any atom is -0.393 e. The number of hydrogen-bond donors (Lipinski definition) is 3. The van der Waals surface area contributed by atoms with Crippen LogP contribution in [0.1, 0.15) is 43.2 Å². The maximum atomic E-state index is 6.25. The molecule has 0 radical (unpaired) electrons. The number of allylic oxidation sites excluding steroid dienone is 1. The van der Waals surface area contributed by atoms with Gasteiger partial charge in [-0.05, 0) is 69.2 Å². The van der Waals surface area contributed by atoms with Gasteiger partial charge in [0.2, 0.25) is 0 Å². The number of nitrogens with two attached hydrogens (primary N) is 1. The first-order chi connectivity index (χ1) is 12.1. The molecular weight excluding hydrogens is 310 g/mol. The fourth-order valence-corrected chi connectivity index (χ4v) is 3.07. The van der Waals surface area contributed by atoms with E-state index in [-0.39, 0.29) is 0 Å². The summed E-state index contributed by atoms with van der Waals surface area (Å²) in [5.41, 5.74) is 11.8. The van der Waals surface area contributed by atoms with Crippen LogP contribution in [0.3, 0.4) is 0 Å². The van der Waals surface area contributed by atoms with Crippen LogP contribution in [0, 0.1) is 13.8 Å². The second-order valence-electron chi connectivity index (χ2n) is 6.69. The molecule has 0 atom stereocenters. The number of nitrogens with zero attached hydrogens (tertiary/aromatic N) is 2. The largest absolute Gasteiger partial charge is 0.393 e. The van der Waals surface area contributed by atoms with Crippen LogP contribution in [-0.2, 0) is 0 Å². The quantitative estimate of drug-likeness (QED) is 0.665. The molecule has 1 aliphatic carbocycles. The number of nitrogen functional groups attached to an aromatic ring is 1. The van der Waals surface area contributed by atoms with E-state index in [1.807, 2.05) is 6.07 Å². The fraction of sp³-hybridized carbons (Fsp3) is 0.400. The summed E-state index contributed by atoms with van der Waals surface area (Å²) in [6, 6.07) is 6.22. The number of rotatable bonds is 6. The summed E-state index contributed by atoms with van der Waals surface area (Å²) in [7, 11) is 0. The van der Waals surface area contributed by atoms with Gasteiger partial charge in [0.25, 0.3) is 0 Å². The Morgan fingerprint density at radius 1 is 1.08 bits per heavy atom. The molecule has 4 N–H and O–H groups in total. The summed E-state index contributed by atoms with van der Waals surface area (Å²) in [5, 5.41) is 6.64. The minimum absolute atomic E-state index is 0.554. The zero-order valence-electron chi connectivity index (χ0n) is 15.1. The van der Waals surface area contributed by atoms with Gasteiger partial charge in [0.15, 0.2) is 11.6 Å². The average molecular weight is 337 g/mol. The highest BCUT2D eigenvalue weighted by atomic mass is 15.1. The van der Waals surface area contributed by atoms with Crippen LogP contribution in [0.4, 0.5) is 23.0 Å². The molecule has 0 bridgehead atoms. The first-order valence-electron chi connectivity index (χ1n) is 9.00. The van der Waals surface area contributed by atoms with Gasteiger partial charge < -0.3 is 16.4 Å². The molecule has 0 aliphatic heterocycles. The number of nitrogens with one attached hydrogen (secondary N) is 2. The van der Waals surface area contributed by atoms with E-state index in [1.54, 1.807) is 11.9 Å². The van der Waals surface area contributed by atoms with E-state index in [4.69, 9.17) is 5.73 Å². The van der Waals surface area contributed by atoms with Gasteiger partial charge in [0, 0.05) is 12.2 Å². The third-order valence-electron chi connectivity index (χ3n) is 4.78. The highest BCUT2D eigenvalue weighted by Gasteiger charge is 2.09. The standard InChI is InChI=1S/C20H27N5/c1-14-8-9-17(12-15(14)2)25-20-18(21)19(23-13-24-20)22-11-10-16-6-4-3-5-7-16/h6,8-9,12-13H,3-5,7,10-11,21H2,1-2H3,(H2,22,23,24,25). The fourth-order valence-electron chi connectivity index (χ4n) is 3.07. The Labute approximate surface area is 149 Å². The molecule has 3 rings (SSSR count). The van der Waals surface area contributed by atoms with Crippen molar-refractivity contribution in [3.63, 3.8) is 0 Å². The smallest absolute Gasteiger partial charge is 0.159 e. The maximum absolute atomic E-state index is 6.25. The lowest BCUT2D eigenvalue weighted by atomic mass is 9.97. The van der Waals surface area contributed by atoms with Crippen molar-refractivity contribution in [1.82, 2.24) is 9.97 Å². The normalized spacial score (nSPS) is 14.1. The van der Waals surface area contributed by atoms with Gasteiger partial charge in [-0.1, -0.05) is 17.7 Å². The molecule has 0 fully saturated rings. The van der Waals surface area contributed by atoms with E-state index in [2.05, 4.69) is 52.7 Å². The van der Waals surface area contributed by atoms with Gasteiger partial charge in [0.1, 0.15) is 12.0 Å². The Morgan fingerprint density at radius 2 is 1.92 bits per heavy atom. The summed E-state index contributed by atoms with van der Waals surface area (Å²) >= 11 is 0. The molecule has 0 amide bonds. The molecule has 5 heteroatoms. The van der Waals surface area contributed by atoms with Crippen molar-refractivity contribution < 1.29 is 0 Å². The summed E-state index contributed by atoms with van der Waals surface area (Å²) < 4.78 is 0. The lowest BCUT2D eigenvalue weighted by Crippen LogP contribution is -2.10. The van der Waals surface area contributed by atoms with E-state index in [1.165, 1.54) is 36.8 Å². The SMILES string of the molecule is Cc1ccc(Nc2ncnc(NCCC3=CCCCC3)c2N)cc1C. The van der Waals surface area contributed by atoms with Gasteiger partial charge in [0.05, 0.1) is 0 Å². The molecule has 2 aromatic rings. The maximum Gasteiger partial charge on any atom is 0.159 e. The zero-order valence-corrected chi connectivity index (χ0v) is 15.1. The number of anilines is 4. The highest BCUT2D eigenvalue weighted by Crippen LogP contribution is 2.27. The summed E-state index contributed by atoms with van der Waals surface area (Å²) in [5.74, 6) is 1.33. The van der Waals surface area contributed by atoms with Crippen LogP contribution >= 0.6 is 0 Å². The average Bonchev–Trinajstić information content (AvgIpc) is 2.62. The lowest BCUT2D eigenvalue weighted by molar-refractivity contribution is 0.679. The second kappa shape index (κ2) is 8.01. The van der Waals surface area contributed by atoms with E-state index in [0.29, 0.717) is 17.3 Å². The molecule has 0 saturated heterocycles. The van der Waals surface area contributed by atoms with Crippen LogP contribution in [0.5, 0.6) is 0 Å². The highest BCUT2D eigenvalue weighted by molar-refractivity contribution is 5.77. The van der Waals surface area contributed by atoms with Crippen LogP contribution < -0.4 is 16.4 Å². The summed E-state index contributed by atoms with van der Waals surface area (Å²) in [6.45, 7) is 5.04. The van der Waals surface area contributed by atoms with Gasteiger partial charge in [-0.15, -0.1) is 0 Å². The predicted octanol–water partition coefficient (Wildman–Crippen LogP) is 4.72. The van der Waals surface area contributed by atoms with Crippen molar-refractivity contribution in [2.24, 2.45) is 0 Å². The third-order valence-corrected chi connectivity index (χ3v) is 4.78. The molecule has 1 aromatic carbocycles. The van der Waals surface area contributed by atoms with Gasteiger partial charge in [-0.2, -0.15) is 0 Å². The van der Waals surface area contributed by atoms with Crippen molar-refractivity contribution in [2.75, 3.05) is 22.9 Å². The lowest BCUT2D eigenvalue weighted by Gasteiger charge is -2.15. The Kier molecular flexibility index (Phi) is 5.53. The van der Waals surface area contributed by atoms with Crippen LogP contribution in [0.15, 0.2) is 36.2 Å². The Hall–Kier alpha value is -2.56. The first kappa shape index (κ1) is 17.3. The summed E-state index contributed by atoms with van der Waals surface area (Å²) in [4.78, 5) is 8.57. The van der Waals surface area contributed by atoms with Gasteiger partial charge in [-0.25, -0.2) is 9.97 Å². The van der Waals surface area contributed by atoms with Crippen molar-refractivity contribution in [1.29, 1.82) is 0 Å². The topological polar surface area (TPSA) is 75.9 Å². The van der Waals surface area contributed by atoms with Crippen LogP contribution in [0.25, 0.3) is 0 Å². The minimum atomic E-state index is 0.554. The monoisotopic (exact) mass is 337 g/mol.